The largest absolute Gasteiger partial charge is 0.341 e. The molecule has 1 amide bonds. The maximum Gasteiger partial charge on any atom is 0.326 e. The number of carbonyl (C=O) groups is 1. The monoisotopic (exact) mass is 468 g/mol. The standard InChI is InChI=1S/C24H28N4O4S/c1-17-8-10-19(11-9-17)33(31,32)27-14-4-7-22(27)23(29)26-15-12-18(13-16-26)28-21-6-3-2-5-20(21)25-24(28)30/h2-3,5-6,8-11,18,22H,4,7,12-16H2,1H3,(H,25,30)/t22-/m0/s1. The van der Waals surface area contributed by atoms with E-state index in [-0.39, 0.29) is 22.5 Å². The molecule has 3 heterocycles. The number of rotatable bonds is 4. The molecule has 2 fully saturated rings. The van der Waals surface area contributed by atoms with Crippen LogP contribution in [-0.2, 0) is 14.8 Å². The first-order chi connectivity index (χ1) is 15.9. The van der Waals surface area contributed by atoms with Crippen LogP contribution in [0.5, 0.6) is 0 Å². The van der Waals surface area contributed by atoms with Gasteiger partial charge in [0.2, 0.25) is 15.9 Å². The summed E-state index contributed by atoms with van der Waals surface area (Å²) in [5, 5.41) is 0. The van der Waals surface area contributed by atoms with Crippen molar-refractivity contribution in [3.63, 3.8) is 0 Å². The average Bonchev–Trinajstić information content (AvgIpc) is 3.44. The Kier molecular flexibility index (Phi) is 5.62. The van der Waals surface area contributed by atoms with Gasteiger partial charge >= 0.3 is 5.69 Å². The van der Waals surface area contributed by atoms with Gasteiger partial charge in [-0.3, -0.25) is 9.36 Å². The molecule has 0 unspecified atom stereocenters. The molecule has 8 nitrogen and oxygen atoms in total. The number of benzene rings is 2. The predicted octanol–water partition coefficient (Wildman–Crippen LogP) is 2.65. The zero-order valence-electron chi connectivity index (χ0n) is 18.6. The van der Waals surface area contributed by atoms with E-state index in [4.69, 9.17) is 0 Å². The predicted molar refractivity (Wildman–Crippen MR) is 126 cm³/mol. The van der Waals surface area contributed by atoms with Gasteiger partial charge in [-0.15, -0.1) is 0 Å². The Morgan fingerprint density at radius 3 is 2.39 bits per heavy atom. The van der Waals surface area contributed by atoms with Crippen molar-refractivity contribution in [1.82, 2.24) is 18.8 Å². The van der Waals surface area contributed by atoms with Crippen LogP contribution in [0.2, 0.25) is 0 Å². The van der Waals surface area contributed by atoms with E-state index in [0.29, 0.717) is 45.3 Å². The number of hydrogen-bond donors (Lipinski definition) is 1. The summed E-state index contributed by atoms with van der Waals surface area (Å²) in [5.74, 6) is -0.132. The number of para-hydroxylation sites is 2. The van der Waals surface area contributed by atoms with Gasteiger partial charge in [0.1, 0.15) is 6.04 Å². The SMILES string of the molecule is Cc1ccc(S(=O)(=O)N2CCC[C@H]2C(=O)N2CCC(n3c(=O)[nH]c4ccccc43)CC2)cc1. The van der Waals surface area contributed by atoms with E-state index in [0.717, 1.165) is 16.6 Å². The van der Waals surface area contributed by atoms with Crippen molar-refractivity contribution in [3.8, 4) is 0 Å². The van der Waals surface area contributed by atoms with E-state index in [1.54, 1.807) is 33.7 Å². The van der Waals surface area contributed by atoms with Crippen LogP contribution in [0.1, 0.15) is 37.3 Å². The highest BCUT2D eigenvalue weighted by molar-refractivity contribution is 7.89. The van der Waals surface area contributed by atoms with Crippen LogP contribution in [0.4, 0.5) is 0 Å². The molecule has 0 spiro atoms. The number of aryl methyl sites for hydroxylation is 1. The first-order valence-electron chi connectivity index (χ1n) is 11.4. The molecule has 1 aromatic heterocycles. The van der Waals surface area contributed by atoms with Crippen LogP contribution in [0, 0.1) is 6.92 Å². The fourth-order valence-electron chi connectivity index (χ4n) is 5.11. The first kappa shape index (κ1) is 21.9. The fraction of sp³-hybridized carbons (Fsp3) is 0.417. The minimum atomic E-state index is -3.73. The summed E-state index contributed by atoms with van der Waals surface area (Å²) in [5.41, 5.74) is 2.54. The summed E-state index contributed by atoms with van der Waals surface area (Å²) < 4.78 is 29.6. The molecule has 0 aliphatic carbocycles. The molecule has 2 aliphatic heterocycles. The number of amides is 1. The molecule has 1 N–H and O–H groups in total. The van der Waals surface area contributed by atoms with Gasteiger partial charge in [-0.1, -0.05) is 29.8 Å². The molecule has 5 rings (SSSR count). The number of H-pyrrole nitrogens is 1. The van der Waals surface area contributed by atoms with E-state index in [1.807, 2.05) is 31.2 Å². The van der Waals surface area contributed by atoms with Gasteiger partial charge in [0, 0.05) is 25.7 Å². The summed E-state index contributed by atoms with van der Waals surface area (Å²) in [6.45, 7) is 3.27. The lowest BCUT2D eigenvalue weighted by Gasteiger charge is -2.35. The maximum atomic E-state index is 13.4. The summed E-state index contributed by atoms with van der Waals surface area (Å²) >= 11 is 0. The molecule has 3 aromatic rings. The second-order valence-electron chi connectivity index (χ2n) is 8.96. The smallest absolute Gasteiger partial charge is 0.326 e. The quantitative estimate of drug-likeness (QED) is 0.637. The second kappa shape index (κ2) is 8.46. The second-order valence-corrected chi connectivity index (χ2v) is 10.9. The third kappa shape index (κ3) is 3.89. The lowest BCUT2D eigenvalue weighted by atomic mass is 10.0. The molecule has 0 bridgehead atoms. The highest BCUT2D eigenvalue weighted by Gasteiger charge is 2.41. The number of fused-ring (bicyclic) bond motifs is 1. The Hall–Kier alpha value is -2.91. The van der Waals surface area contributed by atoms with Crippen LogP contribution in [-0.4, -0.2) is 58.8 Å². The highest BCUT2D eigenvalue weighted by atomic mass is 32.2. The van der Waals surface area contributed by atoms with Crippen molar-refractivity contribution in [2.75, 3.05) is 19.6 Å². The minimum absolute atomic E-state index is 0.00803. The topological polar surface area (TPSA) is 95.5 Å². The molecule has 33 heavy (non-hydrogen) atoms. The average molecular weight is 469 g/mol. The molecule has 9 heteroatoms. The summed E-state index contributed by atoms with van der Waals surface area (Å²) in [4.78, 5) is 30.8. The van der Waals surface area contributed by atoms with Gasteiger partial charge in [0.05, 0.1) is 15.9 Å². The van der Waals surface area contributed by atoms with Crippen LogP contribution in [0.15, 0.2) is 58.2 Å². The van der Waals surface area contributed by atoms with Gasteiger partial charge in [-0.25, -0.2) is 13.2 Å². The lowest BCUT2D eigenvalue weighted by Crippen LogP contribution is -2.50. The summed E-state index contributed by atoms with van der Waals surface area (Å²) in [6.07, 6.45) is 2.52. The zero-order valence-corrected chi connectivity index (χ0v) is 19.4. The van der Waals surface area contributed by atoms with E-state index >= 15 is 0 Å². The Morgan fingerprint density at radius 2 is 1.67 bits per heavy atom. The fourth-order valence-corrected chi connectivity index (χ4v) is 6.76. The van der Waals surface area contributed by atoms with E-state index in [9.17, 15) is 18.0 Å². The van der Waals surface area contributed by atoms with Gasteiger partial charge in [0.25, 0.3) is 0 Å². The number of likely N-dealkylation sites (tertiary alicyclic amines) is 1. The molecule has 174 valence electrons. The van der Waals surface area contributed by atoms with Crippen molar-refractivity contribution in [2.24, 2.45) is 0 Å². The maximum absolute atomic E-state index is 13.4. The molecule has 2 aromatic carbocycles. The first-order valence-corrected chi connectivity index (χ1v) is 12.9. The highest BCUT2D eigenvalue weighted by Crippen LogP contribution is 2.30. The Bertz CT molecular complexity index is 1330. The lowest BCUT2D eigenvalue weighted by molar-refractivity contribution is -0.135. The number of imidazole rings is 1. The van der Waals surface area contributed by atoms with E-state index < -0.39 is 16.1 Å². The molecule has 1 atom stereocenters. The van der Waals surface area contributed by atoms with Gasteiger partial charge in [-0.2, -0.15) is 4.31 Å². The van der Waals surface area contributed by atoms with Crippen LogP contribution >= 0.6 is 0 Å². The number of carbonyl (C=O) groups excluding carboxylic acids is 1. The van der Waals surface area contributed by atoms with Crippen molar-refractivity contribution in [1.29, 1.82) is 0 Å². The zero-order chi connectivity index (χ0) is 23.2. The van der Waals surface area contributed by atoms with Crippen molar-refractivity contribution >= 4 is 27.0 Å². The van der Waals surface area contributed by atoms with Crippen LogP contribution in [0.3, 0.4) is 0 Å². The Balaban J connectivity index is 1.31. The van der Waals surface area contributed by atoms with Gasteiger partial charge < -0.3 is 9.88 Å². The van der Waals surface area contributed by atoms with Gasteiger partial charge in [0.15, 0.2) is 0 Å². The Morgan fingerprint density at radius 1 is 0.970 bits per heavy atom. The number of aromatic amines is 1. The van der Waals surface area contributed by atoms with Crippen LogP contribution in [0.25, 0.3) is 11.0 Å². The molecular weight excluding hydrogens is 440 g/mol. The molecule has 0 saturated carbocycles. The molecular formula is C24H28N4O4S. The summed E-state index contributed by atoms with van der Waals surface area (Å²) in [6, 6.07) is 13.7. The van der Waals surface area contributed by atoms with Crippen LogP contribution < -0.4 is 5.69 Å². The molecule has 0 radical (unpaired) electrons. The van der Waals surface area contributed by atoms with Crippen molar-refractivity contribution < 1.29 is 13.2 Å². The van der Waals surface area contributed by atoms with E-state index in [1.165, 1.54) is 4.31 Å². The number of nitrogens with zero attached hydrogens (tertiary/aromatic N) is 3. The molecule has 2 aliphatic rings. The minimum Gasteiger partial charge on any atom is -0.341 e. The number of piperidine rings is 1. The number of nitrogens with one attached hydrogen (secondary N) is 1. The third-order valence-corrected chi connectivity index (χ3v) is 8.80. The third-order valence-electron chi connectivity index (χ3n) is 6.88. The normalized spacial score (nSPS) is 20.5. The van der Waals surface area contributed by atoms with Gasteiger partial charge in [-0.05, 0) is 56.9 Å². The van der Waals surface area contributed by atoms with Crippen molar-refractivity contribution in [3.05, 3.63) is 64.6 Å². The number of hydrogen-bond acceptors (Lipinski definition) is 4. The number of sulfonamides is 1. The molecule has 2 saturated heterocycles. The Labute approximate surface area is 192 Å². The van der Waals surface area contributed by atoms with Crippen molar-refractivity contribution in [2.45, 2.75) is 49.6 Å². The van der Waals surface area contributed by atoms with E-state index in [2.05, 4.69) is 4.98 Å². The summed E-state index contributed by atoms with van der Waals surface area (Å²) in [7, 11) is -3.73. The number of aromatic nitrogens is 2.